The summed E-state index contributed by atoms with van der Waals surface area (Å²) in [6.07, 6.45) is 9.50. The van der Waals surface area contributed by atoms with Gasteiger partial charge in [-0.3, -0.25) is 4.79 Å². The van der Waals surface area contributed by atoms with Crippen molar-refractivity contribution in [1.29, 1.82) is 0 Å². The van der Waals surface area contributed by atoms with Crippen molar-refractivity contribution in [2.45, 2.75) is 37.6 Å². The molecule has 4 rings (SSSR count). The minimum Gasteiger partial charge on any atom is -0.481 e. The molecule has 1 saturated carbocycles. The third-order valence-corrected chi connectivity index (χ3v) is 5.75. The summed E-state index contributed by atoms with van der Waals surface area (Å²) < 4.78 is 6.80. The van der Waals surface area contributed by atoms with Gasteiger partial charge in [0.1, 0.15) is 5.54 Å². The highest BCUT2D eigenvalue weighted by Crippen LogP contribution is 2.33. The molecule has 0 atom stereocenters. The largest absolute Gasteiger partial charge is 0.481 e. The third kappa shape index (κ3) is 4.32. The van der Waals surface area contributed by atoms with Crippen LogP contribution >= 0.6 is 11.6 Å². The van der Waals surface area contributed by atoms with Gasteiger partial charge in [0.15, 0.2) is 5.82 Å². The summed E-state index contributed by atoms with van der Waals surface area (Å²) in [7, 11) is 3.21. The smallest absolute Gasteiger partial charge is 0.245 e. The number of halogens is 1. The lowest BCUT2D eigenvalue weighted by atomic mass is 9.81. The Labute approximate surface area is 185 Å². The van der Waals surface area contributed by atoms with Crippen molar-refractivity contribution in [1.82, 2.24) is 30.0 Å². The van der Waals surface area contributed by atoms with Crippen LogP contribution in [0, 0.1) is 0 Å². The highest BCUT2D eigenvalue weighted by atomic mass is 35.5. The molecule has 0 unspecified atom stereocenters. The van der Waals surface area contributed by atoms with Crippen LogP contribution in [0.5, 0.6) is 5.88 Å². The first kappa shape index (κ1) is 21.0. The summed E-state index contributed by atoms with van der Waals surface area (Å²) in [6, 6.07) is 5.43. The van der Waals surface area contributed by atoms with Crippen LogP contribution in [-0.4, -0.2) is 50.3 Å². The molecule has 2 N–H and O–H groups in total. The maximum Gasteiger partial charge on any atom is 0.245 e. The molecule has 3 heterocycles. The number of amides is 1. The average Bonchev–Trinajstić information content (AvgIpc) is 3.30. The van der Waals surface area contributed by atoms with Crippen LogP contribution < -0.4 is 15.4 Å². The van der Waals surface area contributed by atoms with E-state index >= 15 is 0 Å². The van der Waals surface area contributed by atoms with E-state index in [0.29, 0.717) is 33.9 Å². The molecule has 0 bridgehead atoms. The van der Waals surface area contributed by atoms with Crippen molar-refractivity contribution < 1.29 is 9.53 Å². The fourth-order valence-corrected chi connectivity index (χ4v) is 4.06. The summed E-state index contributed by atoms with van der Waals surface area (Å²) in [5.74, 6) is 1.41. The van der Waals surface area contributed by atoms with Crippen molar-refractivity contribution in [2.24, 2.45) is 0 Å². The molecule has 1 aliphatic rings. The Hall–Kier alpha value is -3.20. The molecule has 0 aromatic carbocycles. The quantitative estimate of drug-likeness (QED) is 0.604. The summed E-state index contributed by atoms with van der Waals surface area (Å²) in [4.78, 5) is 25.9. The number of pyridine rings is 1. The number of nitrogens with one attached hydrogen (secondary N) is 2. The molecule has 0 spiro atoms. The molecule has 9 nitrogen and oxygen atoms in total. The molecule has 3 aromatic rings. The normalized spacial score (nSPS) is 15.3. The Morgan fingerprint density at radius 2 is 2.00 bits per heavy atom. The maximum atomic E-state index is 12.6. The number of carbonyl (C=O) groups is 1. The molecule has 31 heavy (non-hydrogen) atoms. The number of hydrogen-bond donors (Lipinski definition) is 2. The predicted molar refractivity (Wildman–Crippen MR) is 117 cm³/mol. The molecule has 1 aliphatic carbocycles. The summed E-state index contributed by atoms with van der Waals surface area (Å²) in [6.45, 7) is 0. The van der Waals surface area contributed by atoms with Crippen molar-refractivity contribution in [3.63, 3.8) is 0 Å². The van der Waals surface area contributed by atoms with E-state index in [0.717, 1.165) is 32.1 Å². The van der Waals surface area contributed by atoms with Gasteiger partial charge in [0.05, 0.1) is 30.2 Å². The molecule has 1 fully saturated rings. The van der Waals surface area contributed by atoms with Gasteiger partial charge in [-0.2, -0.15) is 10.1 Å². The van der Waals surface area contributed by atoms with E-state index in [1.165, 1.54) is 6.20 Å². The Morgan fingerprint density at radius 1 is 1.19 bits per heavy atom. The Kier molecular flexibility index (Phi) is 6.03. The van der Waals surface area contributed by atoms with Crippen molar-refractivity contribution in [3.05, 3.63) is 41.8 Å². The second-order valence-electron chi connectivity index (χ2n) is 7.45. The van der Waals surface area contributed by atoms with E-state index in [2.05, 4.69) is 30.7 Å². The molecule has 1 amide bonds. The summed E-state index contributed by atoms with van der Waals surface area (Å²) in [5.41, 5.74) is 0.515. The van der Waals surface area contributed by atoms with Crippen LogP contribution in [0.3, 0.4) is 0 Å². The monoisotopic (exact) mass is 441 g/mol. The second kappa shape index (κ2) is 8.89. The Morgan fingerprint density at radius 3 is 2.74 bits per heavy atom. The first-order valence-electron chi connectivity index (χ1n) is 10.1. The van der Waals surface area contributed by atoms with Gasteiger partial charge in [0.2, 0.25) is 17.7 Å². The molecular formula is C21H24ClN7O2. The number of ether oxygens (including phenoxy) is 1. The molecular weight excluding hydrogens is 418 g/mol. The molecule has 0 saturated heterocycles. The van der Waals surface area contributed by atoms with Crippen LogP contribution in [0.15, 0.2) is 36.8 Å². The van der Waals surface area contributed by atoms with Gasteiger partial charge in [-0.05, 0) is 18.9 Å². The van der Waals surface area contributed by atoms with E-state index in [1.807, 2.05) is 12.1 Å². The van der Waals surface area contributed by atoms with Gasteiger partial charge >= 0.3 is 0 Å². The number of likely N-dealkylation sites (N-methyl/N-ethyl adjacent to an activating group) is 1. The van der Waals surface area contributed by atoms with Gasteiger partial charge in [-0.1, -0.05) is 36.9 Å². The van der Waals surface area contributed by atoms with Crippen LogP contribution in [0.2, 0.25) is 5.02 Å². The van der Waals surface area contributed by atoms with Gasteiger partial charge in [0, 0.05) is 24.9 Å². The minimum atomic E-state index is -0.715. The second-order valence-corrected chi connectivity index (χ2v) is 7.86. The third-order valence-electron chi connectivity index (χ3n) is 5.47. The van der Waals surface area contributed by atoms with Crippen LogP contribution in [0.4, 0.5) is 5.95 Å². The predicted octanol–water partition coefficient (Wildman–Crippen LogP) is 3.25. The van der Waals surface area contributed by atoms with Crippen molar-refractivity contribution in [3.8, 4) is 23.0 Å². The fraction of sp³-hybridized carbons (Fsp3) is 0.381. The molecule has 0 radical (unpaired) electrons. The van der Waals surface area contributed by atoms with E-state index in [9.17, 15) is 4.79 Å². The van der Waals surface area contributed by atoms with Crippen LogP contribution in [0.25, 0.3) is 17.1 Å². The van der Waals surface area contributed by atoms with E-state index in [1.54, 1.807) is 37.3 Å². The summed E-state index contributed by atoms with van der Waals surface area (Å²) in [5, 5.41) is 10.8. The first-order valence-corrected chi connectivity index (χ1v) is 10.5. The average molecular weight is 442 g/mol. The number of rotatable bonds is 6. The van der Waals surface area contributed by atoms with E-state index in [4.69, 9.17) is 16.3 Å². The topological polar surface area (TPSA) is 107 Å². The molecule has 3 aromatic heterocycles. The zero-order chi connectivity index (χ0) is 21.8. The number of carbonyl (C=O) groups excluding carboxylic acids is 1. The number of anilines is 1. The van der Waals surface area contributed by atoms with Gasteiger partial charge in [0.25, 0.3) is 0 Å². The Bertz CT molecular complexity index is 1080. The van der Waals surface area contributed by atoms with Crippen molar-refractivity contribution >= 4 is 23.5 Å². The fourth-order valence-electron chi connectivity index (χ4n) is 3.86. The van der Waals surface area contributed by atoms with Crippen LogP contribution in [0.1, 0.15) is 32.1 Å². The number of hydrogen-bond acceptors (Lipinski definition) is 7. The maximum absolute atomic E-state index is 12.6. The number of methoxy groups -OCH3 is 1. The Balaban J connectivity index is 1.64. The zero-order valence-electron chi connectivity index (χ0n) is 17.4. The van der Waals surface area contributed by atoms with Gasteiger partial charge in [-0.15, -0.1) is 0 Å². The molecule has 10 heteroatoms. The SMILES string of the molecule is CNC(=O)C1(Nc2ncc(Cl)c(-c3cnn(-c4cccc(OC)n4)c3)n2)CCCCC1. The number of aromatic nitrogens is 5. The lowest BCUT2D eigenvalue weighted by Gasteiger charge is -2.36. The van der Waals surface area contributed by atoms with E-state index < -0.39 is 5.54 Å². The minimum absolute atomic E-state index is 0.0516. The van der Waals surface area contributed by atoms with E-state index in [-0.39, 0.29) is 5.91 Å². The lowest BCUT2D eigenvalue weighted by molar-refractivity contribution is -0.126. The number of nitrogens with zero attached hydrogens (tertiary/aromatic N) is 5. The van der Waals surface area contributed by atoms with Crippen LogP contribution in [-0.2, 0) is 4.79 Å². The molecule has 0 aliphatic heterocycles. The lowest BCUT2D eigenvalue weighted by Crippen LogP contribution is -2.53. The standard InChI is InChI=1S/C21H24ClN7O2/c1-23-19(30)21(9-4-3-5-10-21)28-20-24-12-15(22)18(27-20)14-11-25-29(13-14)16-7-6-8-17(26-16)31-2/h6-8,11-13H,3-5,9-10H2,1-2H3,(H,23,30)(H,24,27,28). The highest BCUT2D eigenvalue weighted by molar-refractivity contribution is 6.32. The van der Waals surface area contributed by atoms with Gasteiger partial charge in [-0.25, -0.2) is 14.6 Å². The summed E-state index contributed by atoms with van der Waals surface area (Å²) >= 11 is 6.40. The highest BCUT2D eigenvalue weighted by Gasteiger charge is 2.39. The first-order chi connectivity index (χ1) is 15.0. The van der Waals surface area contributed by atoms with Crippen molar-refractivity contribution in [2.75, 3.05) is 19.5 Å². The molecule has 162 valence electrons. The van der Waals surface area contributed by atoms with Gasteiger partial charge < -0.3 is 15.4 Å². The zero-order valence-corrected chi connectivity index (χ0v) is 18.2.